The molecular formula is C18H18BrNO4S. The molecule has 0 spiro atoms. The van der Waals surface area contributed by atoms with E-state index in [2.05, 4.69) is 20.9 Å². The number of carbonyl (C=O) groups excluding carboxylic acids is 2. The molecule has 1 aromatic heterocycles. The Kier molecular flexibility index (Phi) is 7.33. The minimum atomic E-state index is -0.698. The zero-order chi connectivity index (χ0) is 18.2. The van der Waals surface area contributed by atoms with Crippen LogP contribution in [0.1, 0.15) is 24.4 Å². The number of ether oxygens (including phenoxy) is 2. The summed E-state index contributed by atoms with van der Waals surface area (Å²) in [7, 11) is 0. The number of aromatic nitrogens is 1. The summed E-state index contributed by atoms with van der Waals surface area (Å²) in [6.07, 6.45) is 1.50. The average molecular weight is 424 g/mol. The highest BCUT2D eigenvalue weighted by Crippen LogP contribution is 2.31. The van der Waals surface area contributed by atoms with Gasteiger partial charge in [0.05, 0.1) is 23.8 Å². The van der Waals surface area contributed by atoms with Crippen molar-refractivity contribution in [3.8, 4) is 10.6 Å². The van der Waals surface area contributed by atoms with Gasteiger partial charge in [-0.1, -0.05) is 46.3 Å². The molecule has 0 amide bonds. The Balaban J connectivity index is 2.45. The smallest absolute Gasteiger partial charge is 0.345 e. The summed E-state index contributed by atoms with van der Waals surface area (Å²) < 4.78 is 9.95. The van der Waals surface area contributed by atoms with Gasteiger partial charge in [-0.3, -0.25) is 0 Å². The Morgan fingerprint density at radius 2 is 1.72 bits per heavy atom. The van der Waals surface area contributed by atoms with Crippen LogP contribution >= 0.6 is 27.3 Å². The minimum Gasteiger partial charge on any atom is -0.462 e. The number of halogens is 1. The van der Waals surface area contributed by atoms with Gasteiger partial charge < -0.3 is 9.47 Å². The molecule has 0 N–H and O–H groups in total. The lowest BCUT2D eigenvalue weighted by molar-refractivity contribution is -0.146. The maximum absolute atomic E-state index is 12.1. The fourth-order valence-corrected chi connectivity index (χ4v) is 3.67. The molecule has 1 heterocycles. The van der Waals surface area contributed by atoms with E-state index in [0.29, 0.717) is 10.2 Å². The van der Waals surface area contributed by atoms with E-state index >= 15 is 0 Å². The van der Waals surface area contributed by atoms with Crippen molar-refractivity contribution >= 4 is 45.3 Å². The van der Waals surface area contributed by atoms with E-state index < -0.39 is 11.9 Å². The fraction of sp³-hybridized carbons (Fsp3) is 0.278. The van der Waals surface area contributed by atoms with Gasteiger partial charge in [0.15, 0.2) is 0 Å². The van der Waals surface area contributed by atoms with Crippen LogP contribution in [0.3, 0.4) is 0 Å². The van der Waals surface area contributed by atoms with E-state index in [1.165, 1.54) is 17.4 Å². The second kappa shape index (κ2) is 9.48. The van der Waals surface area contributed by atoms with Gasteiger partial charge in [0.1, 0.15) is 10.6 Å². The standard InChI is InChI=1S/C18H18BrNO4S/c1-3-23-17(21)13(18(22)24-4-2)10-15-14(11-19)20-16(25-15)12-8-6-5-7-9-12/h5-10H,3-4,11H2,1-2H3. The fourth-order valence-electron chi connectivity index (χ4n) is 2.03. The van der Waals surface area contributed by atoms with Crippen molar-refractivity contribution in [3.63, 3.8) is 0 Å². The van der Waals surface area contributed by atoms with Crippen molar-refractivity contribution in [1.82, 2.24) is 4.98 Å². The number of nitrogens with zero attached hydrogens (tertiary/aromatic N) is 1. The summed E-state index contributed by atoms with van der Waals surface area (Å²) in [5, 5.41) is 1.31. The van der Waals surface area contributed by atoms with Gasteiger partial charge in [-0.2, -0.15) is 0 Å². The summed E-state index contributed by atoms with van der Waals surface area (Å²) in [6, 6.07) is 9.72. The Bertz CT molecular complexity index is 751. The summed E-state index contributed by atoms with van der Waals surface area (Å²) in [4.78, 5) is 29.5. The van der Waals surface area contributed by atoms with E-state index in [0.717, 1.165) is 16.3 Å². The van der Waals surface area contributed by atoms with Crippen molar-refractivity contribution in [2.24, 2.45) is 0 Å². The number of esters is 2. The van der Waals surface area contributed by atoms with Crippen molar-refractivity contribution < 1.29 is 19.1 Å². The molecule has 0 radical (unpaired) electrons. The summed E-state index contributed by atoms with van der Waals surface area (Å²) in [5.74, 6) is -1.40. The predicted molar refractivity (Wildman–Crippen MR) is 101 cm³/mol. The lowest BCUT2D eigenvalue weighted by Crippen LogP contribution is -2.18. The van der Waals surface area contributed by atoms with Gasteiger partial charge in [-0.05, 0) is 19.9 Å². The first-order valence-corrected chi connectivity index (χ1v) is 9.71. The van der Waals surface area contributed by atoms with Crippen molar-refractivity contribution in [1.29, 1.82) is 0 Å². The topological polar surface area (TPSA) is 65.5 Å². The first-order chi connectivity index (χ1) is 12.1. The molecule has 2 aromatic rings. The van der Waals surface area contributed by atoms with Gasteiger partial charge in [-0.15, -0.1) is 11.3 Å². The van der Waals surface area contributed by atoms with Crippen LogP contribution in [-0.2, 0) is 24.4 Å². The molecule has 0 atom stereocenters. The normalized spacial score (nSPS) is 10.2. The van der Waals surface area contributed by atoms with Gasteiger partial charge in [0.2, 0.25) is 0 Å². The second-order valence-electron chi connectivity index (χ2n) is 4.83. The first-order valence-electron chi connectivity index (χ1n) is 7.77. The van der Waals surface area contributed by atoms with Gasteiger partial charge >= 0.3 is 11.9 Å². The van der Waals surface area contributed by atoms with Crippen molar-refractivity contribution in [3.05, 3.63) is 46.5 Å². The molecule has 25 heavy (non-hydrogen) atoms. The van der Waals surface area contributed by atoms with Crippen molar-refractivity contribution in [2.45, 2.75) is 19.2 Å². The zero-order valence-electron chi connectivity index (χ0n) is 14.0. The highest BCUT2D eigenvalue weighted by molar-refractivity contribution is 9.08. The number of hydrogen-bond acceptors (Lipinski definition) is 6. The molecule has 0 saturated heterocycles. The van der Waals surface area contributed by atoms with Crippen LogP contribution in [0.5, 0.6) is 0 Å². The second-order valence-corrected chi connectivity index (χ2v) is 6.42. The molecule has 5 nitrogen and oxygen atoms in total. The molecule has 0 aliphatic heterocycles. The maximum atomic E-state index is 12.1. The van der Waals surface area contributed by atoms with Gasteiger partial charge in [0, 0.05) is 10.9 Å². The zero-order valence-corrected chi connectivity index (χ0v) is 16.4. The summed E-state index contributed by atoms with van der Waals surface area (Å²) >= 11 is 4.81. The number of rotatable bonds is 7. The largest absolute Gasteiger partial charge is 0.462 e. The Hall–Kier alpha value is -1.99. The quantitative estimate of drug-likeness (QED) is 0.219. The molecule has 1 aromatic carbocycles. The minimum absolute atomic E-state index is 0.130. The SMILES string of the molecule is CCOC(=O)C(=Cc1sc(-c2ccccc2)nc1CBr)C(=O)OCC. The third-order valence-corrected chi connectivity index (χ3v) is 4.77. The molecule has 0 fully saturated rings. The van der Waals surface area contributed by atoms with Crippen LogP contribution in [-0.4, -0.2) is 30.1 Å². The third-order valence-electron chi connectivity index (χ3n) is 3.14. The Morgan fingerprint density at radius 3 is 2.24 bits per heavy atom. The maximum Gasteiger partial charge on any atom is 0.345 e. The number of alkyl halides is 1. The number of carbonyl (C=O) groups is 2. The van der Waals surface area contributed by atoms with Crippen LogP contribution in [0.15, 0.2) is 35.9 Å². The third kappa shape index (κ3) is 4.99. The van der Waals surface area contributed by atoms with E-state index in [4.69, 9.17) is 9.47 Å². The number of thiazole rings is 1. The highest BCUT2D eigenvalue weighted by atomic mass is 79.9. The summed E-state index contributed by atoms with van der Waals surface area (Å²) in [6.45, 7) is 3.73. The highest BCUT2D eigenvalue weighted by Gasteiger charge is 2.22. The lowest BCUT2D eigenvalue weighted by Gasteiger charge is -2.06. The molecule has 2 rings (SSSR count). The van der Waals surface area contributed by atoms with Crippen LogP contribution in [0.25, 0.3) is 16.6 Å². The van der Waals surface area contributed by atoms with Crippen LogP contribution in [0.4, 0.5) is 0 Å². The Morgan fingerprint density at radius 1 is 1.12 bits per heavy atom. The molecule has 132 valence electrons. The Labute approximate surface area is 158 Å². The molecular weight excluding hydrogens is 406 g/mol. The van der Waals surface area contributed by atoms with Crippen molar-refractivity contribution in [2.75, 3.05) is 13.2 Å². The van der Waals surface area contributed by atoms with Crippen LogP contribution in [0.2, 0.25) is 0 Å². The van der Waals surface area contributed by atoms with Gasteiger partial charge in [0.25, 0.3) is 0 Å². The molecule has 0 unspecified atom stereocenters. The molecule has 0 aliphatic rings. The van der Waals surface area contributed by atoms with Crippen LogP contribution in [0, 0.1) is 0 Å². The van der Waals surface area contributed by atoms with E-state index in [9.17, 15) is 9.59 Å². The summed E-state index contributed by atoms with van der Waals surface area (Å²) in [5.41, 5.74) is 1.59. The molecule has 0 bridgehead atoms. The first kappa shape index (κ1) is 19.3. The number of hydrogen-bond donors (Lipinski definition) is 0. The van der Waals surface area contributed by atoms with E-state index in [1.54, 1.807) is 13.8 Å². The monoisotopic (exact) mass is 423 g/mol. The van der Waals surface area contributed by atoms with Crippen LogP contribution < -0.4 is 0 Å². The van der Waals surface area contributed by atoms with Gasteiger partial charge in [-0.25, -0.2) is 14.6 Å². The molecule has 7 heteroatoms. The molecule has 0 saturated carbocycles. The van der Waals surface area contributed by atoms with E-state index in [1.807, 2.05) is 30.3 Å². The predicted octanol–water partition coefficient (Wildman–Crippen LogP) is 4.21. The molecule has 0 aliphatic carbocycles. The average Bonchev–Trinajstić information content (AvgIpc) is 3.03. The lowest BCUT2D eigenvalue weighted by atomic mass is 10.2. The number of benzene rings is 1. The van der Waals surface area contributed by atoms with E-state index in [-0.39, 0.29) is 18.8 Å².